The number of carbonyl (C=O) groups excluding carboxylic acids is 2. The van der Waals surface area contributed by atoms with Gasteiger partial charge < -0.3 is 15.0 Å². The maximum absolute atomic E-state index is 13.2. The number of hydrogen-bond donors (Lipinski definition) is 1. The molecule has 7 nitrogen and oxygen atoms in total. The molecule has 0 aliphatic carbocycles. The summed E-state index contributed by atoms with van der Waals surface area (Å²) in [4.78, 5) is 28.6. The lowest BCUT2D eigenvalue weighted by molar-refractivity contribution is 0.0466. The summed E-state index contributed by atoms with van der Waals surface area (Å²) in [7, 11) is 0. The molecule has 0 bridgehead atoms. The number of para-hydroxylation sites is 1. The van der Waals surface area contributed by atoms with Crippen molar-refractivity contribution in [3.05, 3.63) is 89.4 Å². The van der Waals surface area contributed by atoms with Crippen LogP contribution in [-0.4, -0.2) is 52.8 Å². The topological polar surface area (TPSA) is 76.5 Å². The molecule has 0 atom stereocenters. The smallest absolute Gasteiger partial charge is 0.338 e. The Hall–Kier alpha value is -3.46. The highest BCUT2D eigenvalue weighted by molar-refractivity contribution is 7.13. The van der Waals surface area contributed by atoms with Crippen molar-refractivity contribution in [2.45, 2.75) is 13.8 Å². The van der Waals surface area contributed by atoms with E-state index in [4.69, 9.17) is 4.74 Å². The predicted molar refractivity (Wildman–Crippen MR) is 147 cm³/mol. The quantitative estimate of drug-likeness (QED) is 0.266. The number of likely N-dealkylation sites (N-methyl/N-ethyl adjacent to an activating group) is 1. The fourth-order valence-electron chi connectivity index (χ4n) is 3.63. The molecule has 0 aliphatic rings. The van der Waals surface area contributed by atoms with Crippen LogP contribution in [0.5, 0.6) is 0 Å². The molecule has 0 spiro atoms. The molecule has 0 unspecified atom stereocenters. The molecule has 0 aliphatic heterocycles. The lowest BCUT2D eigenvalue weighted by Crippen LogP contribution is -2.27. The van der Waals surface area contributed by atoms with Gasteiger partial charge in [-0.3, -0.25) is 4.79 Å². The minimum atomic E-state index is -0.376. The van der Waals surface area contributed by atoms with Crippen LogP contribution in [0.1, 0.15) is 34.6 Å². The highest BCUT2D eigenvalue weighted by atomic mass is 35.5. The number of aromatic nitrogens is 2. The van der Waals surface area contributed by atoms with Crippen molar-refractivity contribution < 1.29 is 14.3 Å². The van der Waals surface area contributed by atoms with E-state index >= 15 is 0 Å². The minimum Gasteiger partial charge on any atom is -0.461 e. The van der Waals surface area contributed by atoms with Gasteiger partial charge in [-0.05, 0) is 60.9 Å². The first-order valence-electron chi connectivity index (χ1n) is 11.6. The number of ether oxygens (including phenoxy) is 1. The predicted octanol–water partition coefficient (Wildman–Crippen LogP) is 5.77. The maximum Gasteiger partial charge on any atom is 0.338 e. The molecule has 188 valence electrons. The third-order valence-electron chi connectivity index (χ3n) is 5.65. The van der Waals surface area contributed by atoms with Crippen molar-refractivity contribution in [2.24, 2.45) is 0 Å². The number of hydrogen-bond acceptors (Lipinski definition) is 6. The van der Waals surface area contributed by atoms with Crippen molar-refractivity contribution in [1.29, 1.82) is 0 Å². The molecular formula is C27H29ClN4O3S. The second-order valence-electron chi connectivity index (χ2n) is 7.84. The zero-order valence-electron chi connectivity index (χ0n) is 20.2. The first-order chi connectivity index (χ1) is 17.1. The molecule has 1 N–H and O–H groups in total. The minimum absolute atomic E-state index is 0. The number of amides is 1. The van der Waals surface area contributed by atoms with E-state index in [1.165, 1.54) is 11.3 Å². The largest absolute Gasteiger partial charge is 0.461 e. The third kappa shape index (κ3) is 6.60. The van der Waals surface area contributed by atoms with Gasteiger partial charge in [0.1, 0.15) is 12.3 Å². The summed E-state index contributed by atoms with van der Waals surface area (Å²) in [6.07, 6.45) is 1.74. The second-order valence-corrected chi connectivity index (χ2v) is 8.79. The van der Waals surface area contributed by atoms with E-state index in [-0.39, 0.29) is 24.3 Å². The summed E-state index contributed by atoms with van der Waals surface area (Å²) in [6, 6.07) is 20.3. The standard InChI is InChI=1S/C27H28N4O3S.ClH/c1-3-30(4-2)16-17-34-27(33)20-12-14-21(15-13-20)28-26(32)23-19-31(22-9-6-5-7-10-22)29-25(23)24-11-8-18-35-24;/h5-15,18-19H,3-4,16-17H2,1-2H3,(H,28,32);1H. The number of nitrogens with zero attached hydrogens (tertiary/aromatic N) is 3. The van der Waals surface area contributed by atoms with Crippen LogP contribution in [0.15, 0.2) is 78.3 Å². The molecule has 4 rings (SSSR count). The summed E-state index contributed by atoms with van der Waals surface area (Å²) >= 11 is 1.53. The number of anilines is 1. The maximum atomic E-state index is 13.2. The zero-order chi connectivity index (χ0) is 24.6. The van der Waals surface area contributed by atoms with Gasteiger partial charge in [-0.1, -0.05) is 38.1 Å². The van der Waals surface area contributed by atoms with Crippen molar-refractivity contribution in [1.82, 2.24) is 14.7 Å². The van der Waals surface area contributed by atoms with E-state index in [1.54, 1.807) is 35.1 Å². The highest BCUT2D eigenvalue weighted by Gasteiger charge is 2.20. The average Bonchev–Trinajstić information content (AvgIpc) is 3.58. The van der Waals surface area contributed by atoms with E-state index in [9.17, 15) is 9.59 Å². The Kier molecular flexibility index (Phi) is 9.81. The van der Waals surface area contributed by atoms with Crippen LogP contribution in [0.4, 0.5) is 5.69 Å². The molecule has 2 aromatic carbocycles. The Morgan fingerprint density at radius 3 is 2.36 bits per heavy atom. The fourth-order valence-corrected chi connectivity index (χ4v) is 4.35. The zero-order valence-corrected chi connectivity index (χ0v) is 21.8. The van der Waals surface area contributed by atoms with Crippen LogP contribution in [0.25, 0.3) is 16.3 Å². The molecule has 9 heteroatoms. The molecule has 0 radical (unpaired) electrons. The van der Waals surface area contributed by atoms with E-state index in [0.717, 1.165) is 23.7 Å². The summed E-state index contributed by atoms with van der Waals surface area (Å²) in [6.45, 7) is 7.04. The van der Waals surface area contributed by atoms with Gasteiger partial charge in [-0.15, -0.1) is 23.7 Å². The first kappa shape index (κ1) is 27.1. The molecular weight excluding hydrogens is 496 g/mol. The van der Waals surface area contributed by atoms with E-state index < -0.39 is 0 Å². The number of rotatable bonds is 10. The normalized spacial score (nSPS) is 10.6. The second kappa shape index (κ2) is 13.0. The van der Waals surface area contributed by atoms with Crippen LogP contribution in [0.2, 0.25) is 0 Å². The van der Waals surface area contributed by atoms with Crippen LogP contribution in [0, 0.1) is 0 Å². The van der Waals surface area contributed by atoms with Gasteiger partial charge in [0, 0.05) is 18.4 Å². The Bertz CT molecular complexity index is 1250. The van der Waals surface area contributed by atoms with Gasteiger partial charge in [0.25, 0.3) is 5.91 Å². The summed E-state index contributed by atoms with van der Waals surface area (Å²) in [5, 5.41) is 9.55. The third-order valence-corrected chi connectivity index (χ3v) is 6.52. The van der Waals surface area contributed by atoms with Crippen LogP contribution in [-0.2, 0) is 4.74 Å². The van der Waals surface area contributed by atoms with Crippen molar-refractivity contribution >= 4 is 41.3 Å². The van der Waals surface area contributed by atoms with Crippen molar-refractivity contribution in [3.8, 4) is 16.3 Å². The summed E-state index contributed by atoms with van der Waals surface area (Å²) in [5.41, 5.74) is 2.98. The molecule has 1 amide bonds. The summed E-state index contributed by atoms with van der Waals surface area (Å²) in [5.74, 6) is -0.649. The van der Waals surface area contributed by atoms with Gasteiger partial charge >= 0.3 is 5.97 Å². The molecule has 0 saturated heterocycles. The SMILES string of the molecule is CCN(CC)CCOC(=O)c1ccc(NC(=O)c2cn(-c3ccccc3)nc2-c2cccs2)cc1.Cl. The molecule has 0 saturated carbocycles. The van der Waals surface area contributed by atoms with E-state index in [0.29, 0.717) is 35.7 Å². The van der Waals surface area contributed by atoms with E-state index in [2.05, 4.69) is 29.2 Å². The summed E-state index contributed by atoms with van der Waals surface area (Å²) < 4.78 is 7.09. The Balaban J connectivity index is 0.00000361. The molecule has 4 aromatic rings. The lowest BCUT2D eigenvalue weighted by atomic mass is 10.2. The average molecular weight is 525 g/mol. The molecule has 2 heterocycles. The van der Waals surface area contributed by atoms with Crippen molar-refractivity contribution in [3.63, 3.8) is 0 Å². The van der Waals surface area contributed by atoms with Crippen LogP contribution < -0.4 is 5.32 Å². The number of carbonyl (C=O) groups is 2. The van der Waals surface area contributed by atoms with Crippen LogP contribution >= 0.6 is 23.7 Å². The van der Waals surface area contributed by atoms with Gasteiger partial charge in [0.15, 0.2) is 0 Å². The van der Waals surface area contributed by atoms with Gasteiger partial charge in [-0.25, -0.2) is 9.48 Å². The number of esters is 1. The highest BCUT2D eigenvalue weighted by Crippen LogP contribution is 2.28. The fraction of sp³-hybridized carbons (Fsp3) is 0.222. The lowest BCUT2D eigenvalue weighted by Gasteiger charge is -2.17. The van der Waals surface area contributed by atoms with Crippen molar-refractivity contribution in [2.75, 3.05) is 31.6 Å². The van der Waals surface area contributed by atoms with Crippen LogP contribution in [0.3, 0.4) is 0 Å². The first-order valence-corrected chi connectivity index (χ1v) is 12.5. The molecule has 36 heavy (non-hydrogen) atoms. The molecule has 0 fully saturated rings. The Morgan fingerprint density at radius 2 is 1.72 bits per heavy atom. The molecule has 2 aromatic heterocycles. The number of thiophene rings is 1. The van der Waals surface area contributed by atoms with Gasteiger partial charge in [-0.2, -0.15) is 5.10 Å². The van der Waals surface area contributed by atoms with Gasteiger partial charge in [0.05, 0.1) is 21.7 Å². The Morgan fingerprint density at radius 1 is 1.00 bits per heavy atom. The number of nitrogens with one attached hydrogen (secondary N) is 1. The van der Waals surface area contributed by atoms with Gasteiger partial charge in [0.2, 0.25) is 0 Å². The Labute approximate surface area is 221 Å². The van der Waals surface area contributed by atoms with E-state index in [1.807, 2.05) is 47.8 Å². The number of benzene rings is 2. The number of halogens is 1. The monoisotopic (exact) mass is 524 g/mol.